The lowest BCUT2D eigenvalue weighted by molar-refractivity contribution is 0.664. The number of nitrogens with zero attached hydrogens (tertiary/aromatic N) is 2. The van der Waals surface area contributed by atoms with Gasteiger partial charge in [0.2, 0.25) is 0 Å². The highest BCUT2D eigenvalue weighted by molar-refractivity contribution is 6.17. The van der Waals surface area contributed by atoms with Crippen LogP contribution in [0.4, 0.5) is 0 Å². The number of halogens is 1. The number of aryl methyl sites for hydroxylation is 1. The zero-order valence-electron chi connectivity index (χ0n) is 9.57. The molecule has 0 aliphatic rings. The maximum atomic E-state index is 5.82. The molecule has 0 spiro atoms. The van der Waals surface area contributed by atoms with Crippen molar-refractivity contribution in [2.75, 3.05) is 0 Å². The molecule has 1 aromatic heterocycles. The van der Waals surface area contributed by atoms with Gasteiger partial charge in [-0.05, 0) is 19.4 Å². The molecule has 0 N–H and O–H groups in total. The van der Waals surface area contributed by atoms with Gasteiger partial charge in [-0.2, -0.15) is 5.10 Å². The van der Waals surface area contributed by atoms with Crippen LogP contribution < -0.4 is 0 Å². The molecule has 0 saturated carbocycles. The Morgan fingerprint density at radius 1 is 1.19 bits per heavy atom. The summed E-state index contributed by atoms with van der Waals surface area (Å²) in [6.45, 7) is 4.95. The standard InChI is InChI=1S/C13H15ClN2/c1-10-3-5-12(6-4-10)9-16-11(2)13(7-14)8-15-16/h3-6,8H,7,9H2,1-2H3. The van der Waals surface area contributed by atoms with E-state index in [2.05, 4.69) is 43.2 Å². The van der Waals surface area contributed by atoms with E-state index in [1.165, 1.54) is 11.1 Å². The van der Waals surface area contributed by atoms with Crippen LogP contribution in [-0.4, -0.2) is 9.78 Å². The third kappa shape index (κ3) is 2.27. The molecule has 0 amide bonds. The first kappa shape index (κ1) is 11.2. The lowest BCUT2D eigenvalue weighted by Crippen LogP contribution is -2.03. The molecule has 0 unspecified atom stereocenters. The molecule has 0 radical (unpaired) electrons. The Bertz CT molecular complexity index is 471. The third-order valence-corrected chi connectivity index (χ3v) is 3.09. The van der Waals surface area contributed by atoms with Crippen molar-refractivity contribution in [3.05, 3.63) is 52.8 Å². The number of benzene rings is 1. The van der Waals surface area contributed by atoms with Gasteiger partial charge in [0.15, 0.2) is 0 Å². The molecule has 2 rings (SSSR count). The quantitative estimate of drug-likeness (QED) is 0.746. The second-order valence-corrected chi connectivity index (χ2v) is 4.30. The van der Waals surface area contributed by atoms with Crippen molar-refractivity contribution in [2.45, 2.75) is 26.3 Å². The number of aromatic nitrogens is 2. The lowest BCUT2D eigenvalue weighted by atomic mass is 10.1. The van der Waals surface area contributed by atoms with E-state index in [1.807, 2.05) is 10.9 Å². The highest BCUT2D eigenvalue weighted by Crippen LogP contribution is 2.12. The van der Waals surface area contributed by atoms with Gasteiger partial charge in [-0.3, -0.25) is 4.68 Å². The molecule has 3 heteroatoms. The predicted octanol–water partition coefficient (Wildman–Crippen LogP) is 3.29. The van der Waals surface area contributed by atoms with E-state index >= 15 is 0 Å². The summed E-state index contributed by atoms with van der Waals surface area (Å²) in [4.78, 5) is 0. The summed E-state index contributed by atoms with van der Waals surface area (Å²) >= 11 is 5.82. The van der Waals surface area contributed by atoms with Crippen molar-refractivity contribution in [3.63, 3.8) is 0 Å². The largest absolute Gasteiger partial charge is 0.265 e. The van der Waals surface area contributed by atoms with Gasteiger partial charge in [0.05, 0.1) is 18.6 Å². The Balaban J connectivity index is 2.20. The zero-order chi connectivity index (χ0) is 11.5. The van der Waals surface area contributed by atoms with E-state index in [9.17, 15) is 0 Å². The predicted molar refractivity (Wildman–Crippen MR) is 66.8 cm³/mol. The third-order valence-electron chi connectivity index (χ3n) is 2.80. The Hall–Kier alpha value is -1.28. The Kier molecular flexibility index (Phi) is 3.30. The van der Waals surface area contributed by atoms with Crippen LogP contribution in [-0.2, 0) is 12.4 Å². The van der Waals surface area contributed by atoms with Crippen LogP contribution in [0.5, 0.6) is 0 Å². The van der Waals surface area contributed by atoms with Crippen molar-refractivity contribution in [2.24, 2.45) is 0 Å². The van der Waals surface area contributed by atoms with Gasteiger partial charge in [0.25, 0.3) is 0 Å². The molecule has 16 heavy (non-hydrogen) atoms. The Labute approximate surface area is 101 Å². The molecule has 2 nitrogen and oxygen atoms in total. The van der Waals surface area contributed by atoms with Crippen molar-refractivity contribution in [1.82, 2.24) is 9.78 Å². The van der Waals surface area contributed by atoms with Gasteiger partial charge in [-0.1, -0.05) is 29.8 Å². The molecule has 1 heterocycles. The maximum Gasteiger partial charge on any atom is 0.0662 e. The maximum absolute atomic E-state index is 5.82. The van der Waals surface area contributed by atoms with Crippen molar-refractivity contribution in [3.8, 4) is 0 Å². The summed E-state index contributed by atoms with van der Waals surface area (Å²) in [5.74, 6) is 0.528. The summed E-state index contributed by atoms with van der Waals surface area (Å²) in [5, 5.41) is 4.34. The molecule has 1 aromatic carbocycles. The first-order chi connectivity index (χ1) is 7.70. The van der Waals surface area contributed by atoms with Crippen molar-refractivity contribution < 1.29 is 0 Å². The van der Waals surface area contributed by atoms with E-state index in [-0.39, 0.29) is 0 Å². The van der Waals surface area contributed by atoms with Crippen LogP contribution >= 0.6 is 11.6 Å². The smallest absolute Gasteiger partial charge is 0.0662 e. The average Bonchev–Trinajstić information content (AvgIpc) is 2.63. The van der Waals surface area contributed by atoms with Gasteiger partial charge >= 0.3 is 0 Å². The lowest BCUT2D eigenvalue weighted by Gasteiger charge is -2.05. The zero-order valence-corrected chi connectivity index (χ0v) is 10.3. The fraction of sp³-hybridized carbons (Fsp3) is 0.308. The minimum Gasteiger partial charge on any atom is -0.265 e. The van der Waals surface area contributed by atoms with Crippen LogP contribution in [0.15, 0.2) is 30.5 Å². The van der Waals surface area contributed by atoms with Crippen LogP contribution in [0.1, 0.15) is 22.4 Å². The highest BCUT2D eigenvalue weighted by atomic mass is 35.5. The molecule has 2 aromatic rings. The minimum atomic E-state index is 0.528. The average molecular weight is 235 g/mol. The first-order valence-electron chi connectivity index (χ1n) is 5.33. The molecule has 0 bridgehead atoms. The summed E-state index contributed by atoms with van der Waals surface area (Å²) in [7, 11) is 0. The number of hydrogen-bond acceptors (Lipinski definition) is 1. The SMILES string of the molecule is Cc1ccc(Cn2ncc(CCl)c2C)cc1. The van der Waals surface area contributed by atoms with Crippen molar-refractivity contribution in [1.29, 1.82) is 0 Å². The van der Waals surface area contributed by atoms with E-state index < -0.39 is 0 Å². The highest BCUT2D eigenvalue weighted by Gasteiger charge is 2.05. The van der Waals surface area contributed by atoms with Crippen LogP contribution in [0.2, 0.25) is 0 Å². The summed E-state index contributed by atoms with van der Waals surface area (Å²) in [6, 6.07) is 8.51. The Morgan fingerprint density at radius 2 is 1.88 bits per heavy atom. The van der Waals surface area contributed by atoms with Crippen LogP contribution in [0.3, 0.4) is 0 Å². The van der Waals surface area contributed by atoms with E-state index in [0.717, 1.165) is 17.8 Å². The van der Waals surface area contributed by atoms with E-state index in [1.54, 1.807) is 0 Å². The van der Waals surface area contributed by atoms with Gasteiger partial charge in [-0.25, -0.2) is 0 Å². The molecule has 84 valence electrons. The normalized spacial score (nSPS) is 10.7. The van der Waals surface area contributed by atoms with Gasteiger partial charge in [0, 0.05) is 11.3 Å². The molecule has 0 aliphatic heterocycles. The molecule has 0 saturated heterocycles. The molecule has 0 fully saturated rings. The van der Waals surface area contributed by atoms with Crippen LogP contribution in [0.25, 0.3) is 0 Å². The number of hydrogen-bond donors (Lipinski definition) is 0. The van der Waals surface area contributed by atoms with Gasteiger partial charge < -0.3 is 0 Å². The van der Waals surface area contributed by atoms with Crippen molar-refractivity contribution >= 4 is 11.6 Å². The molecule has 0 aliphatic carbocycles. The monoisotopic (exact) mass is 234 g/mol. The fourth-order valence-corrected chi connectivity index (χ4v) is 1.90. The van der Waals surface area contributed by atoms with Gasteiger partial charge in [0.1, 0.15) is 0 Å². The van der Waals surface area contributed by atoms with Gasteiger partial charge in [-0.15, -0.1) is 11.6 Å². The fourth-order valence-electron chi connectivity index (χ4n) is 1.64. The number of rotatable bonds is 3. The molecular weight excluding hydrogens is 220 g/mol. The second kappa shape index (κ2) is 4.71. The molecular formula is C13H15ClN2. The topological polar surface area (TPSA) is 17.8 Å². The van der Waals surface area contributed by atoms with E-state index in [4.69, 9.17) is 11.6 Å². The minimum absolute atomic E-state index is 0.528. The Morgan fingerprint density at radius 3 is 2.44 bits per heavy atom. The summed E-state index contributed by atoms with van der Waals surface area (Å²) in [5.41, 5.74) is 4.80. The van der Waals surface area contributed by atoms with Crippen LogP contribution in [0, 0.1) is 13.8 Å². The summed E-state index contributed by atoms with van der Waals surface area (Å²) < 4.78 is 1.99. The first-order valence-corrected chi connectivity index (χ1v) is 5.87. The summed E-state index contributed by atoms with van der Waals surface area (Å²) in [6.07, 6.45) is 1.84. The number of alkyl halides is 1. The second-order valence-electron chi connectivity index (χ2n) is 4.03. The molecule has 0 atom stereocenters. The van der Waals surface area contributed by atoms with E-state index in [0.29, 0.717) is 5.88 Å².